The molecule has 0 bridgehead atoms. The number of carboxylic acid groups (broad SMARTS) is 1. The maximum Gasteiger partial charge on any atom is 0.335 e. The predicted molar refractivity (Wildman–Crippen MR) is 78.3 cm³/mol. The molecule has 0 aromatic heterocycles. The van der Waals surface area contributed by atoms with Crippen LogP contribution in [0.25, 0.3) is 0 Å². The molecule has 0 saturated heterocycles. The molecule has 0 aliphatic carbocycles. The van der Waals surface area contributed by atoms with Gasteiger partial charge in [-0.2, -0.15) is 0 Å². The Morgan fingerprint density at radius 1 is 1.25 bits per heavy atom. The van der Waals surface area contributed by atoms with Crippen molar-refractivity contribution in [3.05, 3.63) is 62.6 Å². The van der Waals surface area contributed by atoms with Crippen molar-refractivity contribution in [2.75, 3.05) is 0 Å². The van der Waals surface area contributed by atoms with Crippen molar-refractivity contribution in [3.63, 3.8) is 0 Å². The summed E-state index contributed by atoms with van der Waals surface area (Å²) in [6, 6.07) is 11.0. The topological polar surface area (TPSA) is 80.4 Å². The molecule has 2 rings (SSSR count). The molecule has 0 fully saturated rings. The Morgan fingerprint density at radius 2 is 1.95 bits per heavy atom. The van der Waals surface area contributed by atoms with Crippen molar-refractivity contribution < 1.29 is 14.8 Å². The van der Waals surface area contributed by atoms with Crippen molar-refractivity contribution in [1.82, 2.24) is 0 Å². The number of para-hydroxylation sites is 1. The summed E-state index contributed by atoms with van der Waals surface area (Å²) in [6.07, 6.45) is 0. The Morgan fingerprint density at radius 3 is 2.60 bits per heavy atom. The number of aromatic carboxylic acids is 1. The molecule has 0 radical (unpaired) electrons. The van der Waals surface area contributed by atoms with Gasteiger partial charge in [-0.1, -0.05) is 39.8 Å². The van der Waals surface area contributed by atoms with Gasteiger partial charge in [0.2, 0.25) is 0 Å². The molecule has 2 aromatic rings. The van der Waals surface area contributed by atoms with E-state index >= 15 is 0 Å². The van der Waals surface area contributed by atoms with Gasteiger partial charge in [-0.25, -0.2) is 4.79 Å². The number of carboxylic acids is 1. The van der Waals surface area contributed by atoms with E-state index in [0.29, 0.717) is 14.3 Å². The molecule has 0 unspecified atom stereocenters. The number of carbonyl (C=O) groups is 1. The van der Waals surface area contributed by atoms with Crippen molar-refractivity contribution >= 4 is 39.3 Å². The molecule has 0 atom stereocenters. The lowest BCUT2D eigenvalue weighted by atomic mass is 10.2. The number of nitro groups is 1. The van der Waals surface area contributed by atoms with Crippen LogP contribution in [0.1, 0.15) is 10.4 Å². The van der Waals surface area contributed by atoms with Gasteiger partial charge in [0.25, 0.3) is 5.69 Å². The Hall–Kier alpha value is -1.86. The predicted octanol–water partition coefficient (Wildman–Crippen LogP) is 4.21. The van der Waals surface area contributed by atoms with Gasteiger partial charge in [-0.15, -0.1) is 0 Å². The molecule has 0 aliphatic rings. The fourth-order valence-electron chi connectivity index (χ4n) is 1.57. The summed E-state index contributed by atoms with van der Waals surface area (Å²) < 4.78 is 0.610. The first-order valence-corrected chi connectivity index (χ1v) is 7.03. The van der Waals surface area contributed by atoms with E-state index in [2.05, 4.69) is 15.9 Å². The van der Waals surface area contributed by atoms with E-state index in [9.17, 15) is 14.9 Å². The van der Waals surface area contributed by atoms with E-state index in [1.807, 2.05) is 0 Å². The van der Waals surface area contributed by atoms with E-state index in [1.54, 1.807) is 24.3 Å². The van der Waals surface area contributed by atoms with E-state index in [-0.39, 0.29) is 11.3 Å². The molecular weight excluding hydrogens is 346 g/mol. The summed E-state index contributed by atoms with van der Waals surface area (Å²) in [6.45, 7) is 0. The summed E-state index contributed by atoms with van der Waals surface area (Å²) in [5, 5.41) is 19.9. The van der Waals surface area contributed by atoms with Crippen LogP contribution in [0.15, 0.2) is 56.7 Å². The Kier molecular flexibility index (Phi) is 4.41. The normalized spacial score (nSPS) is 10.2. The molecule has 0 saturated carbocycles. The summed E-state index contributed by atoms with van der Waals surface area (Å²) in [5.74, 6) is -1.05. The van der Waals surface area contributed by atoms with Crippen LogP contribution in [-0.4, -0.2) is 16.0 Å². The maximum atomic E-state index is 11.0. The van der Waals surface area contributed by atoms with Crippen LogP contribution in [-0.2, 0) is 0 Å². The number of nitro benzene ring substituents is 1. The van der Waals surface area contributed by atoms with Crippen LogP contribution >= 0.6 is 27.7 Å². The van der Waals surface area contributed by atoms with Crippen molar-refractivity contribution in [2.45, 2.75) is 9.79 Å². The average molecular weight is 354 g/mol. The number of rotatable bonds is 4. The van der Waals surface area contributed by atoms with Crippen molar-refractivity contribution in [3.8, 4) is 0 Å². The van der Waals surface area contributed by atoms with Gasteiger partial charge >= 0.3 is 5.97 Å². The second kappa shape index (κ2) is 6.06. The minimum atomic E-state index is -1.05. The molecule has 0 spiro atoms. The molecule has 20 heavy (non-hydrogen) atoms. The lowest BCUT2D eigenvalue weighted by Gasteiger charge is -2.05. The minimum Gasteiger partial charge on any atom is -0.478 e. The zero-order valence-corrected chi connectivity index (χ0v) is 12.3. The molecule has 2 aromatic carbocycles. The van der Waals surface area contributed by atoms with Gasteiger partial charge < -0.3 is 5.11 Å². The largest absolute Gasteiger partial charge is 0.478 e. The SMILES string of the molecule is O=C(O)c1cc(Br)cc(Sc2ccccc2[N+](=O)[O-])c1. The average Bonchev–Trinajstić information content (AvgIpc) is 2.38. The Bertz CT molecular complexity index is 690. The van der Waals surface area contributed by atoms with E-state index in [4.69, 9.17) is 5.11 Å². The van der Waals surface area contributed by atoms with Crippen molar-refractivity contribution in [1.29, 1.82) is 0 Å². The van der Waals surface area contributed by atoms with Crippen molar-refractivity contribution in [2.24, 2.45) is 0 Å². The third-order valence-corrected chi connectivity index (χ3v) is 3.90. The summed E-state index contributed by atoms with van der Waals surface area (Å²) >= 11 is 4.38. The van der Waals surface area contributed by atoms with Gasteiger partial charge in [-0.3, -0.25) is 10.1 Å². The van der Waals surface area contributed by atoms with E-state index in [0.717, 1.165) is 11.8 Å². The number of nitrogens with zero attached hydrogens (tertiary/aromatic N) is 1. The zero-order chi connectivity index (χ0) is 14.7. The number of halogens is 1. The third kappa shape index (κ3) is 3.37. The number of benzene rings is 2. The van der Waals surface area contributed by atoms with Crippen LogP contribution < -0.4 is 0 Å². The molecule has 0 aliphatic heterocycles. The molecule has 0 heterocycles. The summed E-state index contributed by atoms with van der Waals surface area (Å²) in [4.78, 5) is 22.6. The van der Waals surface area contributed by atoms with E-state index < -0.39 is 10.9 Å². The standard InChI is InChI=1S/C13H8BrNO4S/c14-9-5-8(13(16)17)6-10(7-9)20-12-4-2-1-3-11(12)15(18)19/h1-7H,(H,16,17). The molecule has 0 amide bonds. The van der Waals surface area contributed by atoms with Crippen LogP contribution in [0, 0.1) is 10.1 Å². The number of hydrogen-bond donors (Lipinski definition) is 1. The van der Waals surface area contributed by atoms with Crippen LogP contribution in [0.4, 0.5) is 5.69 Å². The highest BCUT2D eigenvalue weighted by atomic mass is 79.9. The van der Waals surface area contributed by atoms with Gasteiger partial charge in [-0.05, 0) is 24.3 Å². The molecule has 5 nitrogen and oxygen atoms in total. The van der Waals surface area contributed by atoms with Crippen LogP contribution in [0.5, 0.6) is 0 Å². The number of hydrogen-bond acceptors (Lipinski definition) is 4. The third-order valence-electron chi connectivity index (χ3n) is 2.41. The first kappa shape index (κ1) is 14.5. The van der Waals surface area contributed by atoms with Gasteiger partial charge in [0, 0.05) is 15.4 Å². The highest BCUT2D eigenvalue weighted by molar-refractivity contribution is 9.10. The van der Waals surface area contributed by atoms with Gasteiger partial charge in [0.05, 0.1) is 15.4 Å². The molecule has 1 N–H and O–H groups in total. The second-order valence-electron chi connectivity index (χ2n) is 3.81. The Balaban J connectivity index is 2.40. The van der Waals surface area contributed by atoms with Gasteiger partial charge in [0.1, 0.15) is 0 Å². The minimum absolute atomic E-state index is 0.00523. The van der Waals surface area contributed by atoms with E-state index in [1.165, 1.54) is 18.2 Å². The first-order chi connectivity index (χ1) is 9.47. The highest BCUT2D eigenvalue weighted by Gasteiger charge is 2.15. The van der Waals surface area contributed by atoms with Gasteiger partial charge in [0.15, 0.2) is 0 Å². The maximum absolute atomic E-state index is 11.0. The quantitative estimate of drug-likeness (QED) is 0.657. The Labute approximate surface area is 126 Å². The highest BCUT2D eigenvalue weighted by Crippen LogP contribution is 2.36. The molecule has 102 valence electrons. The lowest BCUT2D eigenvalue weighted by Crippen LogP contribution is -1.96. The zero-order valence-electron chi connectivity index (χ0n) is 9.95. The fraction of sp³-hybridized carbons (Fsp3) is 0. The monoisotopic (exact) mass is 353 g/mol. The molecule has 7 heteroatoms. The smallest absolute Gasteiger partial charge is 0.335 e. The second-order valence-corrected chi connectivity index (χ2v) is 5.84. The fourth-order valence-corrected chi connectivity index (χ4v) is 3.23. The first-order valence-electron chi connectivity index (χ1n) is 5.42. The lowest BCUT2D eigenvalue weighted by molar-refractivity contribution is -0.387. The van der Waals surface area contributed by atoms with Crippen LogP contribution in [0.2, 0.25) is 0 Å². The van der Waals surface area contributed by atoms with Crippen LogP contribution in [0.3, 0.4) is 0 Å². The summed E-state index contributed by atoms with van der Waals surface area (Å²) in [5.41, 5.74) is 0.120. The molecular formula is C13H8BrNO4S. The summed E-state index contributed by atoms with van der Waals surface area (Å²) in [7, 11) is 0.